The van der Waals surface area contributed by atoms with Crippen LogP contribution >= 0.6 is 0 Å². The van der Waals surface area contributed by atoms with E-state index in [9.17, 15) is 9.59 Å². The van der Waals surface area contributed by atoms with Gasteiger partial charge in [-0.05, 0) is 37.5 Å². The molecule has 2 aromatic rings. The molecule has 0 N–H and O–H groups in total. The molecule has 0 unspecified atom stereocenters. The van der Waals surface area contributed by atoms with Crippen LogP contribution in [0.2, 0.25) is 0 Å². The Morgan fingerprint density at radius 2 is 1.81 bits per heavy atom. The fourth-order valence-corrected chi connectivity index (χ4v) is 3.34. The van der Waals surface area contributed by atoms with Crippen LogP contribution in [0.15, 0.2) is 54.6 Å². The first-order valence-electron chi connectivity index (χ1n) is 9.44. The topological polar surface area (TPSA) is 55.8 Å². The lowest BCUT2D eigenvalue weighted by Crippen LogP contribution is -2.41. The van der Waals surface area contributed by atoms with Gasteiger partial charge in [0, 0.05) is 13.0 Å². The summed E-state index contributed by atoms with van der Waals surface area (Å²) in [5.74, 6) is 0.0420. The molecule has 0 aromatic heterocycles. The third kappa shape index (κ3) is 4.67. The predicted octanol–water partition coefficient (Wildman–Crippen LogP) is 3.48. The molecule has 27 heavy (non-hydrogen) atoms. The molecule has 142 valence electrons. The van der Waals surface area contributed by atoms with Crippen molar-refractivity contribution in [2.45, 2.75) is 32.2 Å². The smallest absolute Gasteiger partial charge is 0.328 e. The average molecular weight is 367 g/mol. The Hall–Kier alpha value is -2.82. The van der Waals surface area contributed by atoms with E-state index in [-0.39, 0.29) is 11.9 Å². The van der Waals surface area contributed by atoms with Crippen LogP contribution in [0, 0.1) is 0 Å². The molecule has 1 fully saturated rings. The van der Waals surface area contributed by atoms with Gasteiger partial charge in [-0.15, -0.1) is 0 Å². The minimum absolute atomic E-state index is 0.179. The van der Waals surface area contributed by atoms with E-state index in [2.05, 4.69) is 0 Å². The third-order valence-electron chi connectivity index (χ3n) is 4.68. The van der Waals surface area contributed by atoms with E-state index in [0.717, 1.165) is 12.0 Å². The molecule has 0 aliphatic carbocycles. The SMILES string of the molecule is CCOc1ccccc1C(=O)N1CCC[C@H]1C(=O)OCCc1ccccc1. The van der Waals surface area contributed by atoms with Gasteiger partial charge in [-0.25, -0.2) is 4.79 Å². The van der Waals surface area contributed by atoms with Crippen LogP contribution in [0.5, 0.6) is 5.75 Å². The van der Waals surface area contributed by atoms with Crippen molar-refractivity contribution >= 4 is 11.9 Å². The predicted molar refractivity (Wildman–Crippen MR) is 103 cm³/mol. The lowest BCUT2D eigenvalue weighted by molar-refractivity contribution is -0.148. The Kier molecular flexibility index (Phi) is 6.47. The van der Waals surface area contributed by atoms with E-state index in [1.165, 1.54) is 0 Å². The van der Waals surface area contributed by atoms with Crippen LogP contribution in [-0.4, -0.2) is 42.6 Å². The van der Waals surface area contributed by atoms with Crippen LogP contribution in [-0.2, 0) is 16.0 Å². The van der Waals surface area contributed by atoms with Crippen molar-refractivity contribution < 1.29 is 19.1 Å². The molecule has 3 rings (SSSR count). The number of hydrogen-bond donors (Lipinski definition) is 0. The van der Waals surface area contributed by atoms with Gasteiger partial charge >= 0.3 is 5.97 Å². The largest absolute Gasteiger partial charge is 0.493 e. The number of ether oxygens (including phenoxy) is 2. The Balaban J connectivity index is 1.62. The summed E-state index contributed by atoms with van der Waals surface area (Å²) < 4.78 is 11.0. The Bertz CT molecular complexity index is 775. The normalized spacial score (nSPS) is 16.2. The van der Waals surface area contributed by atoms with Crippen LogP contribution in [0.25, 0.3) is 0 Å². The van der Waals surface area contributed by atoms with E-state index in [4.69, 9.17) is 9.47 Å². The van der Waals surface area contributed by atoms with Crippen molar-refractivity contribution in [2.24, 2.45) is 0 Å². The third-order valence-corrected chi connectivity index (χ3v) is 4.68. The van der Waals surface area contributed by atoms with E-state index in [0.29, 0.717) is 43.9 Å². The summed E-state index contributed by atoms with van der Waals surface area (Å²) in [5, 5.41) is 0. The molecule has 1 atom stereocenters. The minimum atomic E-state index is -0.525. The maximum atomic E-state index is 13.0. The molecule has 1 aliphatic rings. The zero-order valence-electron chi connectivity index (χ0n) is 15.6. The highest BCUT2D eigenvalue weighted by Crippen LogP contribution is 2.26. The fraction of sp³-hybridized carbons (Fsp3) is 0.364. The summed E-state index contributed by atoms with van der Waals surface area (Å²) >= 11 is 0. The number of benzene rings is 2. The summed E-state index contributed by atoms with van der Waals surface area (Å²) in [6.07, 6.45) is 2.09. The summed E-state index contributed by atoms with van der Waals surface area (Å²) in [6.45, 7) is 3.23. The van der Waals surface area contributed by atoms with Crippen molar-refractivity contribution in [3.8, 4) is 5.75 Å². The molecule has 0 radical (unpaired) electrons. The number of para-hydroxylation sites is 1. The summed E-state index contributed by atoms with van der Waals surface area (Å²) in [5.41, 5.74) is 1.61. The molecular weight excluding hydrogens is 342 g/mol. The second-order valence-electron chi connectivity index (χ2n) is 6.49. The van der Waals surface area contributed by atoms with Gasteiger partial charge in [0.1, 0.15) is 11.8 Å². The standard InChI is InChI=1S/C22H25NO4/c1-2-26-20-13-7-6-11-18(20)21(24)23-15-8-12-19(23)22(25)27-16-14-17-9-4-3-5-10-17/h3-7,9-11,13,19H,2,8,12,14-16H2,1H3/t19-/m0/s1. The van der Waals surface area contributed by atoms with Gasteiger partial charge in [0.05, 0.1) is 18.8 Å². The average Bonchev–Trinajstić information content (AvgIpc) is 3.19. The molecule has 0 saturated carbocycles. The van der Waals surface area contributed by atoms with Crippen LogP contribution in [0.1, 0.15) is 35.7 Å². The number of nitrogens with zero attached hydrogens (tertiary/aromatic N) is 1. The monoisotopic (exact) mass is 367 g/mol. The van der Waals surface area contributed by atoms with Crippen molar-refractivity contribution in [2.75, 3.05) is 19.8 Å². The van der Waals surface area contributed by atoms with Gasteiger partial charge in [-0.2, -0.15) is 0 Å². The van der Waals surface area contributed by atoms with E-state index in [1.54, 1.807) is 23.1 Å². The second kappa shape index (κ2) is 9.21. The Morgan fingerprint density at radius 3 is 2.59 bits per heavy atom. The van der Waals surface area contributed by atoms with E-state index in [1.807, 2.05) is 43.3 Å². The molecule has 5 heteroatoms. The molecule has 1 saturated heterocycles. The highest BCUT2D eigenvalue weighted by Gasteiger charge is 2.36. The van der Waals surface area contributed by atoms with Gasteiger partial charge in [-0.3, -0.25) is 4.79 Å². The van der Waals surface area contributed by atoms with E-state index >= 15 is 0 Å². The van der Waals surface area contributed by atoms with Gasteiger partial charge < -0.3 is 14.4 Å². The summed E-state index contributed by atoms with van der Waals surface area (Å²) in [7, 11) is 0. The maximum absolute atomic E-state index is 13.0. The lowest BCUT2D eigenvalue weighted by Gasteiger charge is -2.24. The molecule has 5 nitrogen and oxygen atoms in total. The van der Waals surface area contributed by atoms with Crippen molar-refractivity contribution in [3.63, 3.8) is 0 Å². The number of esters is 1. The number of rotatable bonds is 7. The second-order valence-corrected chi connectivity index (χ2v) is 6.49. The number of carbonyl (C=O) groups excluding carboxylic acids is 2. The van der Waals surface area contributed by atoms with Crippen LogP contribution in [0.4, 0.5) is 0 Å². The molecule has 0 spiro atoms. The summed E-state index contributed by atoms with van der Waals surface area (Å²) in [6, 6.07) is 16.5. The minimum Gasteiger partial charge on any atom is -0.493 e. The van der Waals surface area contributed by atoms with Gasteiger partial charge in [0.15, 0.2) is 0 Å². The molecule has 1 amide bonds. The highest BCUT2D eigenvalue weighted by molar-refractivity contribution is 5.99. The van der Waals surface area contributed by atoms with Gasteiger partial charge in [0.2, 0.25) is 0 Å². The quantitative estimate of drug-likeness (QED) is 0.703. The van der Waals surface area contributed by atoms with Gasteiger partial charge in [-0.1, -0.05) is 42.5 Å². The first-order valence-corrected chi connectivity index (χ1v) is 9.44. The molecule has 0 bridgehead atoms. The zero-order valence-corrected chi connectivity index (χ0v) is 15.6. The molecule has 1 aliphatic heterocycles. The Labute approximate surface area is 159 Å². The number of amides is 1. The highest BCUT2D eigenvalue weighted by atomic mass is 16.5. The van der Waals surface area contributed by atoms with Crippen LogP contribution in [0.3, 0.4) is 0 Å². The Morgan fingerprint density at radius 1 is 1.07 bits per heavy atom. The summed E-state index contributed by atoms with van der Waals surface area (Å²) in [4.78, 5) is 27.1. The number of likely N-dealkylation sites (tertiary alicyclic amines) is 1. The number of carbonyl (C=O) groups is 2. The first-order chi connectivity index (χ1) is 13.2. The van der Waals surface area contributed by atoms with Gasteiger partial charge in [0.25, 0.3) is 5.91 Å². The molecular formula is C22H25NO4. The van der Waals surface area contributed by atoms with E-state index < -0.39 is 6.04 Å². The van der Waals surface area contributed by atoms with Crippen molar-refractivity contribution in [1.29, 1.82) is 0 Å². The zero-order chi connectivity index (χ0) is 19.1. The maximum Gasteiger partial charge on any atom is 0.328 e. The first kappa shape index (κ1) is 19.0. The molecule has 2 aromatic carbocycles. The van der Waals surface area contributed by atoms with Crippen molar-refractivity contribution in [1.82, 2.24) is 4.90 Å². The fourth-order valence-electron chi connectivity index (χ4n) is 3.34. The number of hydrogen-bond acceptors (Lipinski definition) is 4. The molecule has 1 heterocycles. The van der Waals surface area contributed by atoms with Crippen LogP contribution < -0.4 is 4.74 Å². The lowest BCUT2D eigenvalue weighted by atomic mass is 10.1. The van der Waals surface area contributed by atoms with Crippen molar-refractivity contribution in [3.05, 3.63) is 65.7 Å².